The van der Waals surface area contributed by atoms with Crippen molar-refractivity contribution in [1.29, 1.82) is 0 Å². The zero-order valence-electron chi connectivity index (χ0n) is 21.8. The van der Waals surface area contributed by atoms with Crippen LogP contribution in [0.5, 0.6) is 0 Å². The Balaban J connectivity index is 1.43. The highest BCUT2D eigenvalue weighted by Gasteiger charge is 2.80. The molecule has 6 rings (SSSR count). The number of esters is 1. The van der Waals surface area contributed by atoms with E-state index in [0.29, 0.717) is 12.8 Å². The van der Waals surface area contributed by atoms with Gasteiger partial charge in [0, 0.05) is 23.2 Å². The molecule has 1 N–H and O–H groups in total. The highest BCUT2D eigenvalue weighted by atomic mass is 32.2. The second-order valence-electron chi connectivity index (χ2n) is 12.1. The molecule has 0 aromatic heterocycles. The zero-order chi connectivity index (χ0) is 27.3. The fourth-order valence-corrected chi connectivity index (χ4v) is 9.76. The molecule has 0 aromatic carbocycles. The van der Waals surface area contributed by atoms with Crippen molar-refractivity contribution in [1.82, 2.24) is 0 Å². The maximum atomic E-state index is 17.5. The number of carbonyl (C=O) groups is 3. The van der Waals surface area contributed by atoms with Crippen LogP contribution in [0, 0.1) is 22.7 Å². The fourth-order valence-electron chi connectivity index (χ4n) is 8.54. The van der Waals surface area contributed by atoms with Crippen molar-refractivity contribution in [3.05, 3.63) is 23.8 Å². The average Bonchev–Trinajstić information content (AvgIpc) is 3.50. The Hall–Kier alpha value is -1.62. The number of ether oxygens (including phenoxy) is 3. The molecule has 0 aromatic rings. The number of fused-ring (bicyclic) bond motifs is 7. The van der Waals surface area contributed by atoms with Crippen LogP contribution in [-0.2, 0) is 28.6 Å². The van der Waals surface area contributed by atoms with E-state index in [-0.39, 0.29) is 36.6 Å². The van der Waals surface area contributed by atoms with E-state index in [1.54, 1.807) is 6.92 Å². The van der Waals surface area contributed by atoms with Crippen molar-refractivity contribution in [2.45, 2.75) is 100 Å². The molecule has 0 radical (unpaired) electrons. The van der Waals surface area contributed by atoms with E-state index in [1.807, 2.05) is 13.8 Å². The second-order valence-corrected chi connectivity index (χ2v) is 13.3. The van der Waals surface area contributed by atoms with E-state index in [0.717, 1.165) is 24.3 Å². The number of ketones is 1. The third-order valence-corrected chi connectivity index (χ3v) is 11.6. The third-order valence-electron chi connectivity index (χ3n) is 10.4. The molecule has 7 nitrogen and oxygen atoms in total. The molecule has 10 heteroatoms. The molecular formula is C28H34F2O7S. The van der Waals surface area contributed by atoms with Crippen molar-refractivity contribution in [2.75, 3.05) is 6.61 Å². The van der Waals surface area contributed by atoms with Gasteiger partial charge in [0.15, 0.2) is 23.3 Å². The summed E-state index contributed by atoms with van der Waals surface area (Å²) in [6.07, 6.45) is 0.991. The smallest absolute Gasteiger partial charge is 0.319 e. The standard InChI is InChI=1S/C28H34F2O7S/c1-4-5-22-36-21-12-15-16-11-18(29)17-10-14(31)6-8-25(17,2)27(16,30)20(32)13-26(15,3)28(21,37-22)24(34)38-19-7-9-35-23(19)33/h6,8,10,15-16,18-22,32H,4-5,7,9,11-13H2,1-3H3/t15-,16-,18-,19?,20-,21+,22+,25-,26-,27-,28-/m0/s1. The molecular weight excluding hydrogens is 518 g/mol. The summed E-state index contributed by atoms with van der Waals surface area (Å²) in [4.78, 5) is 38.4. The summed E-state index contributed by atoms with van der Waals surface area (Å²) in [7, 11) is 0. The largest absolute Gasteiger partial charge is 0.465 e. The normalized spacial score (nSPS) is 51.1. The van der Waals surface area contributed by atoms with Gasteiger partial charge in [0.1, 0.15) is 11.4 Å². The van der Waals surface area contributed by atoms with Gasteiger partial charge in [-0.05, 0) is 56.3 Å². The molecule has 0 amide bonds. The molecule has 0 spiro atoms. The minimum atomic E-state index is -2.25. The monoisotopic (exact) mass is 552 g/mol. The Morgan fingerprint density at radius 2 is 2.00 bits per heavy atom. The quantitative estimate of drug-likeness (QED) is 0.527. The van der Waals surface area contributed by atoms with Gasteiger partial charge in [0.25, 0.3) is 0 Å². The van der Waals surface area contributed by atoms with Gasteiger partial charge >= 0.3 is 5.97 Å². The first-order valence-electron chi connectivity index (χ1n) is 13.6. The SMILES string of the molecule is CCC[C@@H]1O[C@@H]2C[C@H]3[C@@H]4C[C@H](F)C5=CC(=O)C=C[C@]5(C)[C@@]4(F)[C@@H](O)C[C@]3(C)[C@]2(C(=O)SC2CCOC2=O)O1. The van der Waals surface area contributed by atoms with E-state index < -0.39 is 75.6 Å². The van der Waals surface area contributed by atoms with Gasteiger partial charge in [-0.1, -0.05) is 38.1 Å². The number of cyclic esters (lactones) is 1. The van der Waals surface area contributed by atoms with Gasteiger partial charge in [0.2, 0.25) is 5.12 Å². The van der Waals surface area contributed by atoms with Crippen LogP contribution in [-0.4, -0.2) is 69.8 Å². The summed E-state index contributed by atoms with van der Waals surface area (Å²) in [5.74, 6) is -2.33. The zero-order valence-corrected chi connectivity index (χ0v) is 22.6. The van der Waals surface area contributed by atoms with Crippen LogP contribution in [0.4, 0.5) is 8.78 Å². The molecule has 11 atom stereocenters. The lowest BCUT2D eigenvalue weighted by Crippen LogP contribution is -2.70. The van der Waals surface area contributed by atoms with Gasteiger partial charge < -0.3 is 19.3 Å². The summed E-state index contributed by atoms with van der Waals surface area (Å²) < 4.78 is 51.0. The van der Waals surface area contributed by atoms with Crippen LogP contribution < -0.4 is 0 Å². The molecule has 6 aliphatic rings. The maximum Gasteiger partial charge on any atom is 0.319 e. The summed E-state index contributed by atoms with van der Waals surface area (Å²) in [5.41, 5.74) is -6.29. The predicted octanol–water partition coefficient (Wildman–Crippen LogP) is 3.77. The number of aliphatic hydroxyl groups is 1. The summed E-state index contributed by atoms with van der Waals surface area (Å²) >= 11 is 0.876. The number of alkyl halides is 2. The first-order valence-corrected chi connectivity index (χ1v) is 14.5. The fraction of sp³-hybridized carbons (Fsp3) is 0.750. The summed E-state index contributed by atoms with van der Waals surface area (Å²) in [6, 6.07) is 0. The predicted molar refractivity (Wildman–Crippen MR) is 133 cm³/mol. The van der Waals surface area contributed by atoms with Crippen molar-refractivity contribution >= 4 is 28.6 Å². The minimum Gasteiger partial charge on any atom is -0.465 e. The first kappa shape index (κ1) is 26.6. The van der Waals surface area contributed by atoms with Crippen LogP contribution in [0.25, 0.3) is 0 Å². The Bertz CT molecular complexity index is 1140. The molecule has 0 bridgehead atoms. The van der Waals surface area contributed by atoms with E-state index in [2.05, 4.69) is 0 Å². The summed E-state index contributed by atoms with van der Waals surface area (Å²) in [5, 5.41) is 10.6. The number of hydrogen-bond acceptors (Lipinski definition) is 8. The molecule has 208 valence electrons. The van der Waals surface area contributed by atoms with Crippen molar-refractivity contribution in [3.63, 3.8) is 0 Å². The topological polar surface area (TPSA) is 99.1 Å². The Morgan fingerprint density at radius 1 is 1.24 bits per heavy atom. The summed E-state index contributed by atoms with van der Waals surface area (Å²) in [6.45, 7) is 5.59. The van der Waals surface area contributed by atoms with Crippen LogP contribution in [0.1, 0.15) is 59.3 Å². The van der Waals surface area contributed by atoms with Crippen LogP contribution >= 0.6 is 11.8 Å². The number of aliphatic hydroxyl groups excluding tert-OH is 1. The Labute approximate surface area is 224 Å². The van der Waals surface area contributed by atoms with Gasteiger partial charge in [-0.25, -0.2) is 8.78 Å². The molecule has 38 heavy (non-hydrogen) atoms. The highest BCUT2D eigenvalue weighted by molar-refractivity contribution is 8.14. The lowest BCUT2D eigenvalue weighted by molar-refractivity contribution is -0.232. The van der Waals surface area contributed by atoms with E-state index >= 15 is 8.78 Å². The first-order chi connectivity index (χ1) is 17.9. The van der Waals surface area contributed by atoms with E-state index in [9.17, 15) is 19.5 Å². The van der Waals surface area contributed by atoms with Crippen molar-refractivity contribution < 1.29 is 42.5 Å². The molecule has 2 aliphatic heterocycles. The number of thioether (sulfide) groups is 1. The third kappa shape index (κ3) is 3.20. The molecule has 4 aliphatic carbocycles. The highest BCUT2D eigenvalue weighted by Crippen LogP contribution is 2.72. The maximum absolute atomic E-state index is 17.5. The van der Waals surface area contributed by atoms with Gasteiger partial charge in [-0.15, -0.1) is 0 Å². The van der Waals surface area contributed by atoms with Crippen molar-refractivity contribution in [3.8, 4) is 0 Å². The molecule has 2 heterocycles. The Kier molecular flexibility index (Phi) is 6.08. The number of rotatable bonds is 4. The van der Waals surface area contributed by atoms with Crippen LogP contribution in [0.2, 0.25) is 0 Å². The van der Waals surface area contributed by atoms with Gasteiger partial charge in [-0.2, -0.15) is 0 Å². The lowest BCUT2D eigenvalue weighted by Gasteiger charge is -2.63. The van der Waals surface area contributed by atoms with Gasteiger partial charge in [0.05, 0.1) is 18.8 Å². The minimum absolute atomic E-state index is 0.0567. The number of halogens is 2. The Morgan fingerprint density at radius 3 is 2.68 bits per heavy atom. The van der Waals surface area contributed by atoms with Crippen molar-refractivity contribution in [2.24, 2.45) is 22.7 Å². The molecule has 1 unspecified atom stereocenters. The lowest BCUT2D eigenvalue weighted by atomic mass is 9.44. The van der Waals surface area contributed by atoms with Gasteiger partial charge in [-0.3, -0.25) is 14.4 Å². The van der Waals surface area contributed by atoms with Crippen LogP contribution in [0.3, 0.4) is 0 Å². The molecule has 5 fully saturated rings. The van der Waals surface area contributed by atoms with Crippen LogP contribution in [0.15, 0.2) is 23.8 Å². The average molecular weight is 553 g/mol. The molecule has 2 saturated heterocycles. The number of allylic oxidation sites excluding steroid dienone is 4. The second kappa shape index (κ2) is 8.69. The molecule has 3 saturated carbocycles. The van der Waals surface area contributed by atoms with E-state index in [1.165, 1.54) is 12.2 Å². The number of hydrogen-bond donors (Lipinski definition) is 1. The van der Waals surface area contributed by atoms with E-state index in [4.69, 9.17) is 14.2 Å². The number of carbonyl (C=O) groups excluding carboxylic acids is 3.